The second-order valence-electron chi connectivity index (χ2n) is 6.03. The van der Waals surface area contributed by atoms with Crippen molar-refractivity contribution in [2.45, 2.75) is 5.54 Å². The maximum Gasteiger partial charge on any atom is 0.283 e. The molecule has 0 saturated carbocycles. The summed E-state index contributed by atoms with van der Waals surface area (Å²) in [5.74, 6) is 1.40. The molecule has 0 radical (unpaired) electrons. The van der Waals surface area contributed by atoms with Crippen molar-refractivity contribution in [2.24, 2.45) is 10.7 Å². The molecule has 122 valence electrons. The highest BCUT2D eigenvalue weighted by atomic mass is 16.5. The lowest BCUT2D eigenvalue weighted by Crippen LogP contribution is -2.31. The maximum absolute atomic E-state index is 6.05. The largest absolute Gasteiger partial charge is 0.462 e. The Balaban J connectivity index is 1.75. The lowest BCUT2D eigenvalue weighted by molar-refractivity contribution is 0.264. The maximum atomic E-state index is 6.05. The number of hydrogen-bond donors (Lipinski definition) is 1. The zero-order chi connectivity index (χ0) is 16.9. The summed E-state index contributed by atoms with van der Waals surface area (Å²) < 4.78 is 11.6. The smallest absolute Gasteiger partial charge is 0.283 e. The van der Waals surface area contributed by atoms with Gasteiger partial charge in [0.2, 0.25) is 0 Å². The van der Waals surface area contributed by atoms with Crippen molar-refractivity contribution in [3.63, 3.8) is 0 Å². The molecular formula is C19H14N4O2. The molecule has 0 amide bonds. The number of rotatable bonds is 1. The van der Waals surface area contributed by atoms with E-state index in [1.165, 1.54) is 0 Å². The topological polar surface area (TPSA) is 82.6 Å². The summed E-state index contributed by atoms with van der Waals surface area (Å²) in [5, 5.41) is 0. The first kappa shape index (κ1) is 14.0. The van der Waals surface area contributed by atoms with Crippen molar-refractivity contribution < 1.29 is 9.47 Å². The van der Waals surface area contributed by atoms with Gasteiger partial charge in [0, 0.05) is 35.3 Å². The van der Waals surface area contributed by atoms with E-state index >= 15 is 0 Å². The van der Waals surface area contributed by atoms with Gasteiger partial charge in [0.25, 0.3) is 6.02 Å². The number of pyridine rings is 2. The molecule has 2 aliphatic heterocycles. The van der Waals surface area contributed by atoms with Gasteiger partial charge < -0.3 is 15.2 Å². The number of benzene rings is 1. The first-order chi connectivity index (χ1) is 12.3. The fourth-order valence-corrected chi connectivity index (χ4v) is 3.43. The Morgan fingerprint density at radius 2 is 1.84 bits per heavy atom. The lowest BCUT2D eigenvalue weighted by Gasteiger charge is -2.33. The number of aliphatic imine (C=N–C) groups is 1. The molecule has 0 aliphatic carbocycles. The molecule has 6 heteroatoms. The zero-order valence-electron chi connectivity index (χ0n) is 13.2. The zero-order valence-corrected chi connectivity index (χ0v) is 13.2. The van der Waals surface area contributed by atoms with Crippen LogP contribution in [0, 0.1) is 0 Å². The van der Waals surface area contributed by atoms with Crippen LogP contribution in [0.15, 0.2) is 66.2 Å². The number of nitrogens with zero attached hydrogens (tertiary/aromatic N) is 3. The van der Waals surface area contributed by atoms with Crippen LogP contribution in [0.2, 0.25) is 0 Å². The first-order valence-corrected chi connectivity index (χ1v) is 7.92. The monoisotopic (exact) mass is 330 g/mol. The highest BCUT2D eigenvalue weighted by molar-refractivity contribution is 5.77. The number of amidine groups is 1. The van der Waals surface area contributed by atoms with Gasteiger partial charge in [-0.2, -0.15) is 0 Å². The fourth-order valence-electron chi connectivity index (χ4n) is 3.43. The third-order valence-electron chi connectivity index (χ3n) is 4.60. The minimum absolute atomic E-state index is 0.183. The van der Waals surface area contributed by atoms with E-state index in [0.29, 0.717) is 12.4 Å². The second kappa shape index (κ2) is 5.04. The number of ether oxygens (including phenoxy) is 2. The van der Waals surface area contributed by atoms with Crippen LogP contribution in [-0.4, -0.2) is 22.6 Å². The van der Waals surface area contributed by atoms with Crippen LogP contribution >= 0.6 is 0 Å². The van der Waals surface area contributed by atoms with Gasteiger partial charge in [0.05, 0.1) is 6.20 Å². The van der Waals surface area contributed by atoms with Gasteiger partial charge in [0.15, 0.2) is 11.3 Å². The van der Waals surface area contributed by atoms with Gasteiger partial charge in [-0.1, -0.05) is 12.1 Å². The molecule has 6 nitrogen and oxygen atoms in total. The third-order valence-corrected chi connectivity index (χ3v) is 4.60. The quantitative estimate of drug-likeness (QED) is 0.742. The van der Waals surface area contributed by atoms with E-state index in [2.05, 4.69) is 21.0 Å². The van der Waals surface area contributed by atoms with Crippen molar-refractivity contribution >= 4 is 6.02 Å². The number of nitrogens with two attached hydrogens (primary N) is 1. The van der Waals surface area contributed by atoms with E-state index in [-0.39, 0.29) is 6.02 Å². The molecule has 1 atom stereocenters. The average Bonchev–Trinajstić information content (AvgIpc) is 3.05. The first-order valence-electron chi connectivity index (χ1n) is 7.92. The van der Waals surface area contributed by atoms with Gasteiger partial charge in [-0.25, -0.2) is 4.99 Å². The SMILES string of the molecule is NC1=N[C@]2(CO1)c1ccncc1Oc1ccc(-c3cccnc3)cc12. The molecular weight excluding hydrogens is 316 g/mol. The Labute approximate surface area is 144 Å². The van der Waals surface area contributed by atoms with E-state index < -0.39 is 5.54 Å². The van der Waals surface area contributed by atoms with E-state index in [1.807, 2.05) is 36.5 Å². The number of hydrogen-bond acceptors (Lipinski definition) is 6. The Morgan fingerprint density at radius 1 is 0.920 bits per heavy atom. The molecule has 0 saturated heterocycles. The number of fused-ring (bicyclic) bond motifs is 4. The van der Waals surface area contributed by atoms with Gasteiger partial charge >= 0.3 is 0 Å². The fraction of sp³-hybridized carbons (Fsp3) is 0.105. The van der Waals surface area contributed by atoms with E-state index in [4.69, 9.17) is 15.2 Å². The summed E-state index contributed by atoms with van der Waals surface area (Å²) in [7, 11) is 0. The average molecular weight is 330 g/mol. The van der Waals surface area contributed by atoms with Crippen molar-refractivity contribution in [3.8, 4) is 22.6 Å². The Morgan fingerprint density at radius 3 is 2.64 bits per heavy atom. The van der Waals surface area contributed by atoms with Gasteiger partial charge in [-0.15, -0.1) is 0 Å². The van der Waals surface area contributed by atoms with Crippen LogP contribution in [0.1, 0.15) is 11.1 Å². The molecule has 3 aromatic rings. The summed E-state index contributed by atoms with van der Waals surface area (Å²) in [6.07, 6.45) is 7.01. The normalized spacial score (nSPS) is 20.2. The van der Waals surface area contributed by atoms with Gasteiger partial charge in [0.1, 0.15) is 12.4 Å². The highest BCUT2D eigenvalue weighted by Crippen LogP contribution is 2.51. The Kier molecular flexibility index (Phi) is 2.82. The summed E-state index contributed by atoms with van der Waals surface area (Å²) in [6, 6.07) is 12.0. The van der Waals surface area contributed by atoms with Gasteiger partial charge in [-0.3, -0.25) is 9.97 Å². The van der Waals surface area contributed by atoms with Crippen LogP contribution in [0.4, 0.5) is 0 Å². The summed E-state index contributed by atoms with van der Waals surface area (Å²) in [6.45, 7) is 0.336. The summed E-state index contributed by atoms with van der Waals surface area (Å²) in [5.41, 5.74) is 9.04. The number of aromatic nitrogens is 2. The molecule has 5 rings (SSSR count). The lowest BCUT2D eigenvalue weighted by atomic mass is 9.81. The predicted molar refractivity (Wildman–Crippen MR) is 92.3 cm³/mol. The molecule has 1 spiro atoms. The van der Waals surface area contributed by atoms with Crippen molar-refractivity contribution in [1.82, 2.24) is 9.97 Å². The van der Waals surface area contributed by atoms with Crippen LogP contribution in [-0.2, 0) is 10.3 Å². The minimum Gasteiger partial charge on any atom is -0.462 e. The van der Waals surface area contributed by atoms with Crippen LogP contribution in [0.25, 0.3) is 11.1 Å². The summed E-state index contributed by atoms with van der Waals surface area (Å²) in [4.78, 5) is 13.0. The molecule has 0 bridgehead atoms. The molecule has 0 fully saturated rings. The molecule has 0 unspecified atom stereocenters. The van der Waals surface area contributed by atoms with E-state index in [9.17, 15) is 0 Å². The van der Waals surface area contributed by atoms with Crippen molar-refractivity contribution in [3.05, 3.63) is 72.3 Å². The van der Waals surface area contributed by atoms with E-state index in [1.54, 1.807) is 18.6 Å². The molecule has 2 N–H and O–H groups in total. The summed E-state index contributed by atoms with van der Waals surface area (Å²) >= 11 is 0. The van der Waals surface area contributed by atoms with Crippen molar-refractivity contribution in [2.75, 3.05) is 6.61 Å². The van der Waals surface area contributed by atoms with Gasteiger partial charge in [-0.05, 0) is 29.8 Å². The molecule has 25 heavy (non-hydrogen) atoms. The predicted octanol–water partition coefficient (Wildman–Crippen LogP) is 2.84. The Hall–Kier alpha value is -3.41. The van der Waals surface area contributed by atoms with Crippen molar-refractivity contribution in [1.29, 1.82) is 0 Å². The molecule has 2 aliphatic rings. The second-order valence-corrected chi connectivity index (χ2v) is 6.03. The van der Waals surface area contributed by atoms with Crippen LogP contribution < -0.4 is 10.5 Å². The molecule has 4 heterocycles. The Bertz CT molecular complexity index is 1000. The standard InChI is InChI=1S/C19H14N4O2/c20-18-23-19(11-24-18)14-5-7-22-10-17(14)25-16-4-3-12(8-15(16)19)13-2-1-6-21-9-13/h1-10H,11H2,(H2,20,23)/t19-/m1/s1. The van der Waals surface area contributed by atoms with Crippen LogP contribution in [0.3, 0.4) is 0 Å². The molecule has 2 aromatic heterocycles. The van der Waals surface area contributed by atoms with Crippen LogP contribution in [0.5, 0.6) is 11.5 Å². The highest BCUT2D eigenvalue weighted by Gasteiger charge is 2.47. The third kappa shape index (κ3) is 2.00. The van der Waals surface area contributed by atoms with E-state index in [0.717, 1.165) is 28.0 Å². The minimum atomic E-state index is -0.714. The molecule has 1 aromatic carbocycles.